The first-order valence-electron chi connectivity index (χ1n) is 20.6. The van der Waals surface area contributed by atoms with Crippen LogP contribution in [0.2, 0.25) is 0 Å². The van der Waals surface area contributed by atoms with Crippen LogP contribution in [0, 0.1) is 0 Å². The van der Waals surface area contributed by atoms with Crippen molar-refractivity contribution in [1.29, 1.82) is 0 Å². The number of unbranched alkanes of at least 4 members (excludes halogenated alkanes) is 3. The molecule has 58 heavy (non-hydrogen) atoms. The minimum atomic E-state index is -0.595. The maximum atomic E-state index is 13.3. The fourth-order valence-electron chi connectivity index (χ4n) is 8.50. The molecule has 0 saturated carbocycles. The summed E-state index contributed by atoms with van der Waals surface area (Å²) in [6.45, 7) is 3.18. The van der Waals surface area contributed by atoms with Crippen molar-refractivity contribution in [2.75, 3.05) is 31.2 Å². The van der Waals surface area contributed by atoms with Crippen molar-refractivity contribution >= 4 is 23.4 Å². The summed E-state index contributed by atoms with van der Waals surface area (Å²) in [6.07, 6.45) is 4.99. The molecule has 5 N–H and O–H groups in total. The Bertz CT molecular complexity index is 1970. The number of ether oxygens (including phenoxy) is 2. The monoisotopic (exact) mass is 789 g/mol. The van der Waals surface area contributed by atoms with Crippen molar-refractivity contribution in [3.8, 4) is 11.1 Å². The molecule has 4 aromatic carbocycles. The van der Waals surface area contributed by atoms with E-state index < -0.39 is 11.8 Å². The van der Waals surface area contributed by atoms with Gasteiger partial charge in [-0.3, -0.25) is 19.6 Å². The van der Waals surface area contributed by atoms with E-state index in [0.717, 1.165) is 84.3 Å². The summed E-state index contributed by atoms with van der Waals surface area (Å²) in [5.74, 6) is -0.294. The Balaban J connectivity index is 0.991. The lowest BCUT2D eigenvalue weighted by molar-refractivity contribution is -0.253. The summed E-state index contributed by atoms with van der Waals surface area (Å²) in [4.78, 5) is 41.8. The number of para-hydroxylation sites is 1. The predicted octanol–water partition coefficient (Wildman–Crippen LogP) is 6.28. The Morgan fingerprint density at radius 2 is 1.47 bits per heavy atom. The van der Waals surface area contributed by atoms with E-state index in [2.05, 4.69) is 62.9 Å². The first kappa shape index (κ1) is 41.1. The third-order valence-electron chi connectivity index (χ3n) is 11.8. The van der Waals surface area contributed by atoms with Gasteiger partial charge in [0.25, 0.3) is 0 Å². The molecule has 3 saturated heterocycles. The average molecular weight is 790 g/mol. The molecule has 3 aliphatic heterocycles. The third-order valence-corrected chi connectivity index (χ3v) is 11.8. The highest BCUT2D eigenvalue weighted by Crippen LogP contribution is 2.40. The Morgan fingerprint density at radius 1 is 0.793 bits per heavy atom. The molecule has 306 valence electrons. The van der Waals surface area contributed by atoms with Gasteiger partial charge in [-0.05, 0) is 65.6 Å². The largest absolute Gasteiger partial charge is 0.392 e. The summed E-state index contributed by atoms with van der Waals surface area (Å²) in [5, 5.41) is 24.4. The summed E-state index contributed by atoms with van der Waals surface area (Å²) < 4.78 is 13.4. The number of carbonyl (C=O) groups excluding carboxylic acids is 3. The molecule has 4 aromatic rings. The van der Waals surface area contributed by atoms with Crippen LogP contribution in [-0.2, 0) is 37.0 Å². The highest BCUT2D eigenvalue weighted by atomic mass is 16.7. The van der Waals surface area contributed by atoms with Crippen molar-refractivity contribution in [1.82, 2.24) is 21.0 Å². The number of likely N-dealkylation sites (tertiary alicyclic amines) is 1. The quantitative estimate of drug-likeness (QED) is 0.0502. The maximum Gasteiger partial charge on any atom is 0.247 e. The van der Waals surface area contributed by atoms with Crippen LogP contribution in [0.1, 0.15) is 92.4 Å². The van der Waals surface area contributed by atoms with Crippen molar-refractivity contribution in [3.63, 3.8) is 0 Å². The highest BCUT2D eigenvalue weighted by molar-refractivity contribution is 5.93. The van der Waals surface area contributed by atoms with E-state index in [0.29, 0.717) is 39.0 Å². The number of carbonyl (C=O) groups is 3. The maximum absolute atomic E-state index is 13.3. The first-order valence-corrected chi connectivity index (χ1v) is 20.6. The first-order chi connectivity index (χ1) is 28.3. The molecule has 1 spiro atoms. The molecule has 0 aromatic heterocycles. The van der Waals surface area contributed by atoms with Crippen molar-refractivity contribution in [3.05, 3.63) is 125 Å². The van der Waals surface area contributed by atoms with Crippen LogP contribution in [-0.4, -0.2) is 70.9 Å². The number of benzene rings is 4. The number of hydroxylamine groups is 1. The lowest BCUT2D eigenvalue weighted by Crippen LogP contribution is -2.57. The van der Waals surface area contributed by atoms with E-state index in [1.54, 1.807) is 5.48 Å². The zero-order valence-corrected chi connectivity index (χ0v) is 33.0. The SMILES string of the molecule is O=C(CCCCCCC(=O)NCc1ccccc1-c1ccc([C@H]2O[C@@H](CN3CCC4(CC3)C(=O)NCN4c3ccccc3)C[C@@H](c3ccc(CO)cc3)O2)cc1)NO. The second-order valence-electron chi connectivity index (χ2n) is 15.6. The zero-order chi connectivity index (χ0) is 40.3. The molecule has 3 amide bonds. The Morgan fingerprint density at radius 3 is 2.17 bits per heavy atom. The van der Waals surface area contributed by atoms with Crippen LogP contribution in [0.3, 0.4) is 0 Å². The Kier molecular flexibility index (Phi) is 13.8. The zero-order valence-electron chi connectivity index (χ0n) is 33.0. The van der Waals surface area contributed by atoms with Crippen molar-refractivity contribution < 1.29 is 34.2 Å². The van der Waals surface area contributed by atoms with Crippen LogP contribution in [0.25, 0.3) is 11.1 Å². The molecule has 7 rings (SSSR count). The van der Waals surface area contributed by atoms with Gasteiger partial charge in [0.05, 0.1) is 25.5 Å². The van der Waals surface area contributed by atoms with Gasteiger partial charge in [-0.1, -0.05) is 104 Å². The van der Waals surface area contributed by atoms with Gasteiger partial charge in [0.15, 0.2) is 6.29 Å². The Hall–Kier alpha value is -5.11. The summed E-state index contributed by atoms with van der Waals surface area (Å²) in [6, 6.07) is 34.4. The molecule has 12 nitrogen and oxygen atoms in total. The van der Waals surface area contributed by atoms with Crippen LogP contribution in [0.15, 0.2) is 103 Å². The number of aliphatic hydroxyl groups is 1. The van der Waals surface area contributed by atoms with Crippen LogP contribution >= 0.6 is 0 Å². The van der Waals surface area contributed by atoms with Gasteiger partial charge in [0, 0.05) is 56.7 Å². The van der Waals surface area contributed by atoms with Gasteiger partial charge in [0.2, 0.25) is 17.7 Å². The number of rotatable bonds is 16. The standard InChI is InChI=1S/C46H55N5O7/c52-31-33-16-18-35(19-17-33)41-28-39(30-50-26-24-46(25-27-50)45(55)48-32-51(46)38-11-4-3-5-12-38)57-44(58-41)36-22-20-34(21-23-36)40-13-9-8-10-37(40)29-47-42(53)14-6-1-2-7-15-43(54)49-56/h3-5,8-13,16-23,39,41,44,52,56H,1-2,6-7,14-15,24-32H2,(H,47,53)(H,48,55)(H,49,54)/t39-,41+,44+/m1/s1. The van der Waals surface area contributed by atoms with Gasteiger partial charge >= 0.3 is 0 Å². The van der Waals surface area contributed by atoms with Crippen LogP contribution in [0.4, 0.5) is 5.69 Å². The molecule has 0 aliphatic carbocycles. The van der Waals surface area contributed by atoms with Gasteiger partial charge in [-0.25, -0.2) is 5.48 Å². The van der Waals surface area contributed by atoms with E-state index in [9.17, 15) is 19.5 Å². The number of piperidine rings is 1. The summed E-state index contributed by atoms with van der Waals surface area (Å²) in [5.41, 5.74) is 8.01. The molecular weight excluding hydrogens is 735 g/mol. The Labute approximate surface area is 340 Å². The fourth-order valence-corrected chi connectivity index (χ4v) is 8.50. The number of anilines is 1. The van der Waals surface area contributed by atoms with Gasteiger partial charge in [0.1, 0.15) is 5.54 Å². The molecule has 3 heterocycles. The minimum Gasteiger partial charge on any atom is -0.392 e. The van der Waals surface area contributed by atoms with Crippen molar-refractivity contribution in [2.45, 2.75) is 95.0 Å². The van der Waals surface area contributed by atoms with Gasteiger partial charge in [-0.15, -0.1) is 0 Å². The number of hydrogen-bond acceptors (Lipinski definition) is 9. The number of hydrogen-bond donors (Lipinski definition) is 5. The number of nitrogens with one attached hydrogen (secondary N) is 3. The molecular formula is C46H55N5O7. The lowest BCUT2D eigenvalue weighted by atomic mass is 9.85. The second kappa shape index (κ2) is 19.6. The predicted molar refractivity (Wildman–Crippen MR) is 220 cm³/mol. The van der Waals surface area contributed by atoms with Crippen LogP contribution < -0.4 is 21.0 Å². The number of amides is 3. The number of nitrogens with zero attached hydrogens (tertiary/aromatic N) is 2. The van der Waals surface area contributed by atoms with Crippen LogP contribution in [0.5, 0.6) is 0 Å². The van der Waals surface area contributed by atoms with E-state index in [-0.39, 0.29) is 43.0 Å². The highest BCUT2D eigenvalue weighted by Gasteiger charge is 2.50. The normalized spacial score (nSPS) is 20.5. The molecule has 0 unspecified atom stereocenters. The summed E-state index contributed by atoms with van der Waals surface area (Å²) in [7, 11) is 0. The van der Waals surface area contributed by atoms with Gasteiger partial charge in [-0.2, -0.15) is 0 Å². The molecule has 0 bridgehead atoms. The molecule has 3 atom stereocenters. The van der Waals surface area contributed by atoms with Crippen molar-refractivity contribution in [2.24, 2.45) is 0 Å². The van der Waals surface area contributed by atoms with E-state index in [1.165, 1.54) is 0 Å². The molecule has 3 aliphatic rings. The number of aliphatic hydroxyl groups excluding tert-OH is 1. The average Bonchev–Trinajstić information content (AvgIpc) is 3.59. The third kappa shape index (κ3) is 9.94. The topological polar surface area (TPSA) is 153 Å². The van der Waals surface area contributed by atoms with E-state index in [1.807, 2.05) is 60.7 Å². The van der Waals surface area contributed by atoms with E-state index in [4.69, 9.17) is 14.7 Å². The minimum absolute atomic E-state index is 0.0118. The second-order valence-corrected chi connectivity index (χ2v) is 15.6. The van der Waals surface area contributed by atoms with Gasteiger partial charge < -0.3 is 35.0 Å². The summed E-state index contributed by atoms with van der Waals surface area (Å²) >= 11 is 0. The lowest BCUT2D eigenvalue weighted by Gasteiger charge is -2.45. The molecule has 3 fully saturated rings. The fraction of sp³-hybridized carbons (Fsp3) is 0.413. The molecule has 12 heteroatoms. The molecule has 0 radical (unpaired) electrons. The smallest absolute Gasteiger partial charge is 0.247 e. The van der Waals surface area contributed by atoms with E-state index >= 15 is 0 Å².